The lowest BCUT2D eigenvalue weighted by Crippen LogP contribution is -2.43. The van der Waals surface area contributed by atoms with Crippen molar-refractivity contribution in [3.8, 4) is 17.0 Å². The van der Waals surface area contributed by atoms with Gasteiger partial charge in [0.15, 0.2) is 5.13 Å². The van der Waals surface area contributed by atoms with E-state index in [0.717, 1.165) is 56.0 Å². The van der Waals surface area contributed by atoms with Crippen LogP contribution in [0.4, 0.5) is 5.13 Å². The predicted octanol–water partition coefficient (Wildman–Crippen LogP) is 3.03. The molecule has 1 aliphatic heterocycles. The van der Waals surface area contributed by atoms with Crippen LogP contribution in [0.1, 0.15) is 12.8 Å². The van der Waals surface area contributed by atoms with Gasteiger partial charge in [-0.05, 0) is 45.6 Å². The number of likely N-dealkylation sites (tertiary alicyclic amines) is 1. The number of piperidine rings is 1. The zero-order chi connectivity index (χ0) is 19.2. The number of methoxy groups -OCH3 is 1. The molecule has 1 N–H and O–H groups in total. The standard InChI is InChI=1S/C20H28N4O2S/c1-23(2)10-11-24-9-5-7-16(13-24)19(25)22-20-21-18(14-27-20)15-6-4-8-17(12-15)26-3/h4,6,8,12,14,16H,5,7,9-11,13H2,1-3H3,(H,21,22,25). The van der Waals surface area contributed by atoms with E-state index in [-0.39, 0.29) is 11.8 Å². The molecule has 1 unspecified atom stereocenters. The first-order chi connectivity index (χ1) is 13.0. The highest BCUT2D eigenvalue weighted by Crippen LogP contribution is 2.28. The van der Waals surface area contributed by atoms with Gasteiger partial charge in [-0.1, -0.05) is 12.1 Å². The molecule has 0 radical (unpaired) electrons. The average Bonchev–Trinajstić information content (AvgIpc) is 3.15. The molecule has 1 fully saturated rings. The van der Waals surface area contributed by atoms with Crippen molar-refractivity contribution in [3.63, 3.8) is 0 Å². The van der Waals surface area contributed by atoms with Crippen molar-refractivity contribution >= 4 is 22.4 Å². The Bertz CT molecular complexity index is 762. The molecular weight excluding hydrogens is 360 g/mol. The summed E-state index contributed by atoms with van der Waals surface area (Å²) in [6, 6.07) is 7.79. The average molecular weight is 389 g/mol. The number of nitrogens with one attached hydrogen (secondary N) is 1. The predicted molar refractivity (Wildman–Crippen MR) is 110 cm³/mol. The molecule has 0 saturated carbocycles. The van der Waals surface area contributed by atoms with Crippen molar-refractivity contribution in [1.82, 2.24) is 14.8 Å². The molecule has 6 nitrogen and oxygen atoms in total. The highest BCUT2D eigenvalue weighted by Gasteiger charge is 2.26. The van der Waals surface area contributed by atoms with Gasteiger partial charge in [-0.15, -0.1) is 11.3 Å². The van der Waals surface area contributed by atoms with Crippen molar-refractivity contribution in [2.24, 2.45) is 5.92 Å². The molecular formula is C20H28N4O2S. The number of rotatable bonds is 7. The van der Waals surface area contributed by atoms with Crippen LogP contribution in [0.15, 0.2) is 29.6 Å². The van der Waals surface area contributed by atoms with Crippen LogP contribution in [0.2, 0.25) is 0 Å². The van der Waals surface area contributed by atoms with Crippen LogP contribution in [-0.2, 0) is 4.79 Å². The van der Waals surface area contributed by atoms with E-state index in [0.29, 0.717) is 5.13 Å². The fourth-order valence-corrected chi connectivity index (χ4v) is 3.99. The first-order valence-electron chi connectivity index (χ1n) is 9.33. The zero-order valence-electron chi connectivity index (χ0n) is 16.3. The summed E-state index contributed by atoms with van der Waals surface area (Å²) in [4.78, 5) is 21.8. The smallest absolute Gasteiger partial charge is 0.230 e. The summed E-state index contributed by atoms with van der Waals surface area (Å²) in [5, 5.41) is 5.64. The summed E-state index contributed by atoms with van der Waals surface area (Å²) >= 11 is 1.46. The lowest BCUT2D eigenvalue weighted by atomic mass is 9.97. The van der Waals surface area contributed by atoms with E-state index in [2.05, 4.69) is 34.2 Å². The molecule has 1 amide bonds. The second-order valence-corrected chi connectivity index (χ2v) is 8.06. The Morgan fingerprint density at radius 3 is 3.07 bits per heavy atom. The topological polar surface area (TPSA) is 57.7 Å². The van der Waals surface area contributed by atoms with Crippen LogP contribution in [0.5, 0.6) is 5.75 Å². The first-order valence-corrected chi connectivity index (χ1v) is 10.2. The van der Waals surface area contributed by atoms with E-state index in [1.165, 1.54) is 11.3 Å². The second kappa shape index (κ2) is 9.30. The number of likely N-dealkylation sites (N-methyl/N-ethyl adjacent to an activating group) is 1. The summed E-state index contributed by atoms with van der Waals surface area (Å²) in [5.74, 6) is 0.910. The van der Waals surface area contributed by atoms with Gasteiger partial charge in [0.25, 0.3) is 0 Å². The van der Waals surface area contributed by atoms with E-state index in [1.807, 2.05) is 29.6 Å². The van der Waals surface area contributed by atoms with Crippen LogP contribution in [-0.4, -0.2) is 68.1 Å². The SMILES string of the molecule is COc1cccc(-c2csc(NC(=O)C3CCCN(CCN(C)C)C3)n2)c1. The van der Waals surface area contributed by atoms with Gasteiger partial charge in [-0.25, -0.2) is 4.98 Å². The lowest BCUT2D eigenvalue weighted by Gasteiger charge is -2.32. The van der Waals surface area contributed by atoms with E-state index >= 15 is 0 Å². The Morgan fingerprint density at radius 1 is 1.44 bits per heavy atom. The monoisotopic (exact) mass is 388 g/mol. The Hall–Kier alpha value is -1.96. The molecule has 2 heterocycles. The number of hydrogen-bond donors (Lipinski definition) is 1. The third kappa shape index (κ3) is 5.51. The number of ether oxygens (including phenoxy) is 1. The third-order valence-corrected chi connectivity index (χ3v) is 5.60. The van der Waals surface area contributed by atoms with Crippen molar-refractivity contribution in [1.29, 1.82) is 0 Å². The molecule has 3 rings (SSSR count). The molecule has 1 aliphatic rings. The van der Waals surface area contributed by atoms with Gasteiger partial charge in [-0.3, -0.25) is 4.79 Å². The number of benzene rings is 1. The number of aromatic nitrogens is 1. The van der Waals surface area contributed by atoms with E-state index in [1.54, 1.807) is 7.11 Å². The Labute approximate surface area is 165 Å². The van der Waals surface area contributed by atoms with Gasteiger partial charge in [0.2, 0.25) is 5.91 Å². The summed E-state index contributed by atoms with van der Waals surface area (Å²) < 4.78 is 5.27. The number of carbonyl (C=O) groups is 1. The third-order valence-electron chi connectivity index (χ3n) is 4.84. The van der Waals surface area contributed by atoms with Gasteiger partial charge >= 0.3 is 0 Å². The van der Waals surface area contributed by atoms with Crippen molar-refractivity contribution < 1.29 is 9.53 Å². The fourth-order valence-electron chi connectivity index (χ4n) is 3.27. The second-order valence-electron chi connectivity index (χ2n) is 7.20. The number of anilines is 1. The van der Waals surface area contributed by atoms with E-state index in [9.17, 15) is 4.79 Å². The van der Waals surface area contributed by atoms with Gasteiger partial charge in [0, 0.05) is 30.6 Å². The molecule has 1 aromatic carbocycles. The van der Waals surface area contributed by atoms with Crippen LogP contribution < -0.4 is 10.1 Å². The number of thiazole rings is 1. The number of hydrogen-bond acceptors (Lipinski definition) is 6. The van der Waals surface area contributed by atoms with Gasteiger partial charge in [0.05, 0.1) is 18.7 Å². The highest BCUT2D eigenvalue weighted by molar-refractivity contribution is 7.14. The molecule has 0 bridgehead atoms. The molecule has 7 heteroatoms. The molecule has 27 heavy (non-hydrogen) atoms. The molecule has 2 aromatic rings. The van der Waals surface area contributed by atoms with Crippen molar-refractivity contribution in [2.45, 2.75) is 12.8 Å². The number of amides is 1. The molecule has 0 spiro atoms. The first kappa shape index (κ1) is 19.8. The normalized spacial score (nSPS) is 17.9. The maximum absolute atomic E-state index is 12.7. The van der Waals surface area contributed by atoms with Crippen LogP contribution in [0, 0.1) is 5.92 Å². The molecule has 1 atom stereocenters. The van der Waals surface area contributed by atoms with Crippen LogP contribution >= 0.6 is 11.3 Å². The van der Waals surface area contributed by atoms with Gasteiger partial charge < -0.3 is 19.9 Å². The maximum atomic E-state index is 12.7. The molecule has 146 valence electrons. The zero-order valence-corrected chi connectivity index (χ0v) is 17.1. The minimum atomic E-state index is 0.0325. The largest absolute Gasteiger partial charge is 0.497 e. The summed E-state index contributed by atoms with van der Waals surface area (Å²) in [5.41, 5.74) is 1.84. The maximum Gasteiger partial charge on any atom is 0.230 e. The summed E-state index contributed by atoms with van der Waals surface area (Å²) in [6.07, 6.45) is 2.01. The summed E-state index contributed by atoms with van der Waals surface area (Å²) in [6.45, 7) is 3.93. The van der Waals surface area contributed by atoms with Crippen molar-refractivity contribution in [3.05, 3.63) is 29.6 Å². The van der Waals surface area contributed by atoms with Crippen LogP contribution in [0.25, 0.3) is 11.3 Å². The minimum Gasteiger partial charge on any atom is -0.497 e. The molecule has 1 saturated heterocycles. The lowest BCUT2D eigenvalue weighted by molar-refractivity contribution is -0.121. The minimum absolute atomic E-state index is 0.0325. The number of nitrogens with zero attached hydrogens (tertiary/aromatic N) is 3. The van der Waals surface area contributed by atoms with Crippen molar-refractivity contribution in [2.75, 3.05) is 52.7 Å². The molecule has 1 aromatic heterocycles. The number of carbonyl (C=O) groups excluding carboxylic acids is 1. The molecule has 0 aliphatic carbocycles. The van der Waals surface area contributed by atoms with E-state index in [4.69, 9.17) is 4.74 Å². The fraction of sp³-hybridized carbons (Fsp3) is 0.500. The van der Waals surface area contributed by atoms with Gasteiger partial charge in [-0.2, -0.15) is 0 Å². The highest BCUT2D eigenvalue weighted by atomic mass is 32.1. The van der Waals surface area contributed by atoms with Crippen LogP contribution in [0.3, 0.4) is 0 Å². The summed E-state index contributed by atoms with van der Waals surface area (Å²) in [7, 11) is 5.81. The Kier molecular flexibility index (Phi) is 6.82. The quantitative estimate of drug-likeness (QED) is 0.790. The van der Waals surface area contributed by atoms with Gasteiger partial charge in [0.1, 0.15) is 5.75 Å². The van der Waals surface area contributed by atoms with E-state index < -0.39 is 0 Å². The Balaban J connectivity index is 1.58. The Morgan fingerprint density at radius 2 is 2.30 bits per heavy atom.